The highest BCUT2D eigenvalue weighted by Crippen LogP contribution is 2.40. The number of amides is 1. The van der Waals surface area contributed by atoms with E-state index in [4.69, 9.17) is 9.47 Å². The minimum Gasteiger partial charge on any atom is -0.507 e. The van der Waals surface area contributed by atoms with Crippen molar-refractivity contribution in [3.8, 4) is 5.75 Å². The molecular formula is C27H23NO6. The highest BCUT2D eigenvalue weighted by molar-refractivity contribution is 6.46. The molecule has 1 unspecified atom stereocenters. The van der Waals surface area contributed by atoms with Crippen molar-refractivity contribution >= 4 is 23.4 Å². The summed E-state index contributed by atoms with van der Waals surface area (Å²) in [7, 11) is 2.79. The number of methoxy groups -OCH3 is 2. The van der Waals surface area contributed by atoms with Crippen LogP contribution >= 0.6 is 0 Å². The Morgan fingerprint density at radius 3 is 2.26 bits per heavy atom. The van der Waals surface area contributed by atoms with Crippen molar-refractivity contribution in [1.82, 2.24) is 4.90 Å². The minimum absolute atomic E-state index is 0.0278. The van der Waals surface area contributed by atoms with Crippen LogP contribution in [0.1, 0.15) is 33.1 Å². The summed E-state index contributed by atoms with van der Waals surface area (Å²) in [6, 6.07) is 21.5. The molecule has 1 amide bonds. The molecular weight excluding hydrogens is 434 g/mol. The number of carbonyl (C=O) groups excluding carboxylic acids is 3. The molecule has 7 heteroatoms. The lowest BCUT2D eigenvalue weighted by Crippen LogP contribution is -2.29. The average molecular weight is 457 g/mol. The molecule has 0 spiro atoms. The van der Waals surface area contributed by atoms with E-state index < -0.39 is 23.7 Å². The van der Waals surface area contributed by atoms with Crippen LogP contribution in [0.5, 0.6) is 5.75 Å². The molecule has 1 aliphatic rings. The van der Waals surface area contributed by atoms with Crippen LogP contribution in [-0.2, 0) is 20.9 Å². The van der Waals surface area contributed by atoms with Gasteiger partial charge in [-0.1, -0.05) is 54.6 Å². The van der Waals surface area contributed by atoms with Gasteiger partial charge in [-0.25, -0.2) is 4.79 Å². The van der Waals surface area contributed by atoms with Gasteiger partial charge in [0.25, 0.3) is 11.7 Å². The molecule has 0 saturated carbocycles. The van der Waals surface area contributed by atoms with Gasteiger partial charge in [-0.05, 0) is 35.4 Å². The zero-order valence-electron chi connectivity index (χ0n) is 18.7. The second kappa shape index (κ2) is 9.62. The zero-order chi connectivity index (χ0) is 24.2. The van der Waals surface area contributed by atoms with E-state index in [-0.39, 0.29) is 17.9 Å². The van der Waals surface area contributed by atoms with Crippen LogP contribution < -0.4 is 4.74 Å². The maximum atomic E-state index is 13.2. The second-order valence-corrected chi connectivity index (χ2v) is 7.76. The summed E-state index contributed by atoms with van der Waals surface area (Å²) < 4.78 is 9.99. The van der Waals surface area contributed by atoms with Gasteiger partial charge in [0.05, 0.1) is 31.4 Å². The third-order valence-electron chi connectivity index (χ3n) is 5.73. The molecule has 7 nitrogen and oxygen atoms in total. The van der Waals surface area contributed by atoms with E-state index in [0.29, 0.717) is 22.4 Å². The van der Waals surface area contributed by atoms with Gasteiger partial charge in [-0.15, -0.1) is 0 Å². The Morgan fingerprint density at radius 2 is 1.62 bits per heavy atom. The lowest BCUT2D eigenvalue weighted by molar-refractivity contribution is -0.140. The van der Waals surface area contributed by atoms with Gasteiger partial charge in [0, 0.05) is 12.1 Å². The van der Waals surface area contributed by atoms with E-state index in [1.165, 1.54) is 19.1 Å². The summed E-state index contributed by atoms with van der Waals surface area (Å²) >= 11 is 0. The third kappa shape index (κ3) is 4.28. The maximum absolute atomic E-state index is 13.2. The first-order valence-electron chi connectivity index (χ1n) is 10.6. The summed E-state index contributed by atoms with van der Waals surface area (Å²) in [5.74, 6) is -1.79. The smallest absolute Gasteiger partial charge is 0.337 e. The number of esters is 1. The molecule has 172 valence electrons. The topological polar surface area (TPSA) is 93.1 Å². The highest BCUT2D eigenvalue weighted by atomic mass is 16.5. The van der Waals surface area contributed by atoms with Crippen molar-refractivity contribution < 1.29 is 29.0 Å². The van der Waals surface area contributed by atoms with E-state index in [9.17, 15) is 19.5 Å². The summed E-state index contributed by atoms with van der Waals surface area (Å²) in [5.41, 5.74) is 2.07. The second-order valence-electron chi connectivity index (χ2n) is 7.76. The van der Waals surface area contributed by atoms with Gasteiger partial charge in [0.2, 0.25) is 0 Å². The van der Waals surface area contributed by atoms with Crippen molar-refractivity contribution in [3.05, 3.63) is 107 Å². The van der Waals surface area contributed by atoms with Crippen molar-refractivity contribution in [2.75, 3.05) is 14.2 Å². The molecule has 1 heterocycles. The lowest BCUT2D eigenvalue weighted by Gasteiger charge is -2.25. The summed E-state index contributed by atoms with van der Waals surface area (Å²) in [6.07, 6.45) is 0. The Morgan fingerprint density at radius 1 is 0.912 bits per heavy atom. The average Bonchev–Trinajstić information content (AvgIpc) is 3.13. The van der Waals surface area contributed by atoms with Crippen LogP contribution in [0.25, 0.3) is 5.76 Å². The number of nitrogens with zero attached hydrogens (tertiary/aromatic N) is 1. The standard InChI is InChI=1S/C27H23NO6/c1-33-21-10-6-9-20(15-21)24(29)22-23(18-11-13-19(14-12-18)27(32)34-2)28(26(31)25(22)30)16-17-7-4-3-5-8-17/h3-15,23,29H,16H2,1-2H3/b24-22+. The fourth-order valence-electron chi connectivity index (χ4n) is 4.01. The molecule has 1 fully saturated rings. The Kier molecular flexibility index (Phi) is 6.45. The molecule has 0 aliphatic carbocycles. The van der Waals surface area contributed by atoms with E-state index >= 15 is 0 Å². The lowest BCUT2D eigenvalue weighted by atomic mass is 9.94. The normalized spacial score (nSPS) is 17.0. The maximum Gasteiger partial charge on any atom is 0.337 e. The number of aliphatic hydroxyl groups is 1. The number of ketones is 1. The molecule has 4 rings (SSSR count). The first kappa shape index (κ1) is 22.8. The molecule has 1 aliphatic heterocycles. The van der Waals surface area contributed by atoms with Gasteiger partial charge in [0.1, 0.15) is 11.5 Å². The number of carbonyl (C=O) groups is 3. The Bertz CT molecular complexity index is 1260. The van der Waals surface area contributed by atoms with Crippen LogP contribution in [0.4, 0.5) is 0 Å². The number of Topliss-reactive ketones (excluding diaryl/α,β-unsaturated/α-hetero) is 1. The van der Waals surface area contributed by atoms with Crippen LogP contribution in [-0.4, -0.2) is 41.9 Å². The molecule has 3 aromatic carbocycles. The molecule has 0 radical (unpaired) electrons. The number of hydrogen-bond donors (Lipinski definition) is 1. The monoisotopic (exact) mass is 457 g/mol. The molecule has 0 aromatic heterocycles. The van der Waals surface area contributed by atoms with Crippen molar-refractivity contribution in [3.63, 3.8) is 0 Å². The molecule has 1 saturated heterocycles. The quantitative estimate of drug-likeness (QED) is 0.259. The van der Waals surface area contributed by atoms with Gasteiger partial charge in [-0.2, -0.15) is 0 Å². The van der Waals surface area contributed by atoms with Crippen LogP contribution in [0, 0.1) is 0 Å². The highest BCUT2D eigenvalue weighted by Gasteiger charge is 2.46. The third-order valence-corrected chi connectivity index (χ3v) is 5.73. The first-order valence-corrected chi connectivity index (χ1v) is 10.6. The molecule has 34 heavy (non-hydrogen) atoms. The number of ether oxygens (including phenoxy) is 2. The predicted octanol–water partition coefficient (Wildman–Crippen LogP) is 4.10. The van der Waals surface area contributed by atoms with E-state index in [2.05, 4.69) is 0 Å². The van der Waals surface area contributed by atoms with E-state index in [1.54, 1.807) is 48.5 Å². The molecule has 1 N–H and O–H groups in total. The van der Waals surface area contributed by atoms with Crippen molar-refractivity contribution in [2.24, 2.45) is 0 Å². The van der Waals surface area contributed by atoms with Gasteiger partial charge in [0.15, 0.2) is 0 Å². The number of aliphatic hydroxyl groups excluding tert-OH is 1. The van der Waals surface area contributed by atoms with E-state index in [1.807, 2.05) is 30.3 Å². The van der Waals surface area contributed by atoms with Gasteiger partial charge in [-0.3, -0.25) is 9.59 Å². The molecule has 1 atom stereocenters. The molecule has 0 bridgehead atoms. The van der Waals surface area contributed by atoms with Crippen LogP contribution in [0.2, 0.25) is 0 Å². The summed E-state index contributed by atoms with van der Waals surface area (Å²) in [5, 5.41) is 11.2. The van der Waals surface area contributed by atoms with Gasteiger partial charge >= 0.3 is 5.97 Å². The fourth-order valence-corrected chi connectivity index (χ4v) is 4.01. The number of rotatable bonds is 6. The Hall–Kier alpha value is -4.39. The number of hydrogen-bond acceptors (Lipinski definition) is 6. The first-order chi connectivity index (χ1) is 16.4. The van der Waals surface area contributed by atoms with Crippen molar-refractivity contribution in [1.29, 1.82) is 0 Å². The minimum atomic E-state index is -0.849. The van der Waals surface area contributed by atoms with Gasteiger partial charge < -0.3 is 19.5 Å². The van der Waals surface area contributed by atoms with E-state index in [0.717, 1.165) is 5.56 Å². The Labute approximate surface area is 196 Å². The van der Waals surface area contributed by atoms with Crippen LogP contribution in [0.3, 0.4) is 0 Å². The predicted molar refractivity (Wildman–Crippen MR) is 125 cm³/mol. The fraction of sp³-hybridized carbons (Fsp3) is 0.148. The van der Waals surface area contributed by atoms with Crippen molar-refractivity contribution in [2.45, 2.75) is 12.6 Å². The summed E-state index contributed by atoms with van der Waals surface area (Å²) in [6.45, 7) is 0.170. The largest absolute Gasteiger partial charge is 0.507 e. The van der Waals surface area contributed by atoms with Crippen LogP contribution in [0.15, 0.2) is 84.4 Å². The molecule has 3 aromatic rings. The summed E-state index contributed by atoms with van der Waals surface area (Å²) in [4.78, 5) is 39.6. The zero-order valence-corrected chi connectivity index (χ0v) is 18.7. The SMILES string of the molecule is COC(=O)c1ccc(C2/C(=C(\O)c3cccc(OC)c3)C(=O)C(=O)N2Cc2ccccc2)cc1. The number of likely N-dealkylation sites (tertiary alicyclic amines) is 1. The number of benzene rings is 3. The Balaban J connectivity index is 1.85.